The van der Waals surface area contributed by atoms with Crippen LogP contribution in [-0.4, -0.2) is 16.9 Å². The van der Waals surface area contributed by atoms with Crippen LogP contribution in [0, 0.1) is 10.5 Å². The number of hydrogen-bond donors (Lipinski definition) is 1. The molecule has 1 aromatic heterocycles. The van der Waals surface area contributed by atoms with Crippen molar-refractivity contribution in [3.63, 3.8) is 0 Å². The standard InChI is InChI=1S/C13H16IN3O/c1-8-4-5-12(18-3)10(6-8)9(2)17-13(15)11(14)7-16-17/h4-7,9H,15H2,1-3H3. The predicted molar refractivity (Wildman–Crippen MR) is 80.9 cm³/mol. The minimum atomic E-state index is 0.0448. The summed E-state index contributed by atoms with van der Waals surface area (Å²) in [5.74, 6) is 1.55. The van der Waals surface area contributed by atoms with Crippen molar-refractivity contribution in [1.29, 1.82) is 0 Å². The average molecular weight is 357 g/mol. The van der Waals surface area contributed by atoms with Crippen LogP contribution in [0.4, 0.5) is 5.82 Å². The van der Waals surface area contributed by atoms with Crippen LogP contribution in [0.3, 0.4) is 0 Å². The van der Waals surface area contributed by atoms with E-state index in [9.17, 15) is 0 Å². The molecule has 2 aromatic rings. The number of rotatable bonds is 3. The summed E-state index contributed by atoms with van der Waals surface area (Å²) in [6.07, 6.45) is 1.77. The summed E-state index contributed by atoms with van der Waals surface area (Å²) in [6.45, 7) is 4.13. The highest BCUT2D eigenvalue weighted by atomic mass is 127. The number of ether oxygens (including phenoxy) is 1. The lowest BCUT2D eigenvalue weighted by molar-refractivity contribution is 0.401. The van der Waals surface area contributed by atoms with Gasteiger partial charge in [-0.1, -0.05) is 17.7 Å². The Labute approximate surface area is 120 Å². The number of methoxy groups -OCH3 is 1. The summed E-state index contributed by atoms with van der Waals surface area (Å²) in [5.41, 5.74) is 8.30. The zero-order valence-corrected chi connectivity index (χ0v) is 12.8. The molecule has 96 valence electrons. The monoisotopic (exact) mass is 357 g/mol. The van der Waals surface area contributed by atoms with E-state index in [0.717, 1.165) is 14.9 Å². The van der Waals surface area contributed by atoms with Crippen LogP contribution in [0.2, 0.25) is 0 Å². The molecule has 1 heterocycles. The highest BCUT2D eigenvalue weighted by Crippen LogP contribution is 2.30. The van der Waals surface area contributed by atoms with Gasteiger partial charge in [0.1, 0.15) is 11.6 Å². The molecule has 0 aliphatic rings. The van der Waals surface area contributed by atoms with Crippen molar-refractivity contribution in [2.45, 2.75) is 19.9 Å². The third-order valence-electron chi connectivity index (χ3n) is 2.99. The fourth-order valence-corrected chi connectivity index (χ4v) is 2.34. The van der Waals surface area contributed by atoms with Gasteiger partial charge in [0.2, 0.25) is 0 Å². The molecular weight excluding hydrogens is 341 g/mol. The number of aryl methyl sites for hydroxylation is 1. The molecular formula is C13H16IN3O. The van der Waals surface area contributed by atoms with Gasteiger partial charge < -0.3 is 10.5 Å². The summed E-state index contributed by atoms with van der Waals surface area (Å²) in [7, 11) is 1.68. The molecule has 0 bridgehead atoms. The molecule has 1 unspecified atom stereocenters. The smallest absolute Gasteiger partial charge is 0.135 e. The van der Waals surface area contributed by atoms with Crippen molar-refractivity contribution in [2.75, 3.05) is 12.8 Å². The molecule has 0 aliphatic heterocycles. The first kappa shape index (κ1) is 13.2. The average Bonchev–Trinajstić information content (AvgIpc) is 2.69. The second-order valence-electron chi connectivity index (χ2n) is 4.24. The summed E-state index contributed by atoms with van der Waals surface area (Å²) >= 11 is 2.18. The molecule has 2 N–H and O–H groups in total. The fraction of sp³-hybridized carbons (Fsp3) is 0.308. The van der Waals surface area contributed by atoms with Crippen LogP contribution in [0.25, 0.3) is 0 Å². The van der Waals surface area contributed by atoms with Gasteiger partial charge >= 0.3 is 0 Å². The van der Waals surface area contributed by atoms with Crippen molar-refractivity contribution in [3.8, 4) is 5.75 Å². The van der Waals surface area contributed by atoms with Crippen molar-refractivity contribution >= 4 is 28.4 Å². The topological polar surface area (TPSA) is 53.1 Å². The quantitative estimate of drug-likeness (QED) is 0.860. The molecule has 18 heavy (non-hydrogen) atoms. The molecule has 0 spiro atoms. The number of anilines is 1. The van der Waals surface area contributed by atoms with Gasteiger partial charge in [0, 0.05) is 5.56 Å². The molecule has 0 fully saturated rings. The van der Waals surface area contributed by atoms with Crippen LogP contribution < -0.4 is 10.5 Å². The SMILES string of the molecule is COc1ccc(C)cc1C(C)n1ncc(I)c1N. The zero-order chi connectivity index (χ0) is 13.3. The first-order valence-electron chi connectivity index (χ1n) is 5.67. The molecule has 1 aromatic carbocycles. The number of nitrogens with zero attached hydrogens (tertiary/aromatic N) is 2. The fourth-order valence-electron chi connectivity index (χ4n) is 1.97. The number of halogens is 1. The minimum absolute atomic E-state index is 0.0448. The third-order valence-corrected chi connectivity index (χ3v) is 3.82. The number of nitrogens with two attached hydrogens (primary N) is 1. The van der Waals surface area contributed by atoms with Crippen LogP contribution in [0.15, 0.2) is 24.4 Å². The second-order valence-corrected chi connectivity index (χ2v) is 5.41. The first-order chi connectivity index (χ1) is 8.54. The Hall–Kier alpha value is -1.24. The summed E-state index contributed by atoms with van der Waals surface area (Å²) < 4.78 is 8.19. The highest BCUT2D eigenvalue weighted by molar-refractivity contribution is 14.1. The van der Waals surface area contributed by atoms with Gasteiger partial charge in [-0.2, -0.15) is 5.10 Å². The number of aromatic nitrogens is 2. The van der Waals surface area contributed by atoms with E-state index >= 15 is 0 Å². The van der Waals surface area contributed by atoms with Gasteiger partial charge in [-0.3, -0.25) is 0 Å². The second kappa shape index (κ2) is 5.17. The Kier molecular flexibility index (Phi) is 3.79. The largest absolute Gasteiger partial charge is 0.496 e. The number of hydrogen-bond acceptors (Lipinski definition) is 3. The molecule has 0 aliphatic carbocycles. The maximum Gasteiger partial charge on any atom is 0.135 e. The van der Waals surface area contributed by atoms with E-state index in [1.54, 1.807) is 13.3 Å². The lowest BCUT2D eigenvalue weighted by atomic mass is 10.0. The maximum atomic E-state index is 6.02. The Morgan fingerprint density at radius 2 is 2.17 bits per heavy atom. The molecule has 5 heteroatoms. The summed E-state index contributed by atoms with van der Waals surface area (Å²) in [5, 5.41) is 4.33. The Balaban J connectivity index is 2.48. The zero-order valence-electron chi connectivity index (χ0n) is 10.6. The molecule has 0 radical (unpaired) electrons. The first-order valence-corrected chi connectivity index (χ1v) is 6.75. The maximum absolute atomic E-state index is 6.02. The van der Waals surface area contributed by atoms with Gasteiger partial charge in [0.25, 0.3) is 0 Å². The van der Waals surface area contributed by atoms with Gasteiger partial charge in [0.05, 0.1) is 22.9 Å². The van der Waals surface area contributed by atoms with Gasteiger partial charge in [0.15, 0.2) is 0 Å². The Morgan fingerprint density at radius 1 is 1.44 bits per heavy atom. The van der Waals surface area contributed by atoms with E-state index in [4.69, 9.17) is 10.5 Å². The molecule has 4 nitrogen and oxygen atoms in total. The molecule has 0 saturated heterocycles. The molecule has 0 saturated carbocycles. The Morgan fingerprint density at radius 3 is 2.72 bits per heavy atom. The minimum Gasteiger partial charge on any atom is -0.496 e. The lowest BCUT2D eigenvalue weighted by Crippen LogP contribution is -2.13. The van der Waals surface area contributed by atoms with E-state index in [1.165, 1.54) is 5.56 Å². The number of benzene rings is 1. The van der Waals surface area contributed by atoms with Crippen LogP contribution >= 0.6 is 22.6 Å². The molecule has 0 amide bonds. The Bertz CT molecular complexity index is 565. The predicted octanol–water partition coefficient (Wildman–Crippen LogP) is 3.00. The molecule has 1 atom stereocenters. The normalized spacial score (nSPS) is 12.4. The van der Waals surface area contributed by atoms with Crippen molar-refractivity contribution in [3.05, 3.63) is 39.1 Å². The van der Waals surface area contributed by atoms with E-state index in [1.807, 2.05) is 16.8 Å². The van der Waals surface area contributed by atoms with E-state index in [-0.39, 0.29) is 6.04 Å². The molecule has 2 rings (SSSR count). The van der Waals surface area contributed by atoms with Crippen LogP contribution in [0.5, 0.6) is 5.75 Å². The van der Waals surface area contributed by atoms with Gasteiger partial charge in [-0.25, -0.2) is 4.68 Å². The van der Waals surface area contributed by atoms with Crippen LogP contribution in [0.1, 0.15) is 24.1 Å². The van der Waals surface area contributed by atoms with E-state index < -0.39 is 0 Å². The van der Waals surface area contributed by atoms with Gasteiger partial charge in [-0.05, 0) is 42.5 Å². The van der Waals surface area contributed by atoms with Gasteiger partial charge in [-0.15, -0.1) is 0 Å². The lowest BCUT2D eigenvalue weighted by Gasteiger charge is -2.18. The third kappa shape index (κ3) is 2.31. The van der Waals surface area contributed by atoms with E-state index in [2.05, 4.69) is 47.6 Å². The van der Waals surface area contributed by atoms with E-state index in [0.29, 0.717) is 5.82 Å². The van der Waals surface area contributed by atoms with Crippen LogP contribution in [-0.2, 0) is 0 Å². The number of nitrogen functional groups attached to an aromatic ring is 1. The van der Waals surface area contributed by atoms with Crippen molar-refractivity contribution in [1.82, 2.24) is 9.78 Å². The van der Waals surface area contributed by atoms with Crippen molar-refractivity contribution < 1.29 is 4.74 Å². The summed E-state index contributed by atoms with van der Waals surface area (Å²) in [6, 6.07) is 6.16. The highest BCUT2D eigenvalue weighted by Gasteiger charge is 2.17. The van der Waals surface area contributed by atoms with Crippen molar-refractivity contribution in [2.24, 2.45) is 0 Å². The summed E-state index contributed by atoms with van der Waals surface area (Å²) in [4.78, 5) is 0.